The monoisotopic (exact) mass is 477 g/mol. The number of carbonyl (C=O) groups excluding carboxylic acids is 1. The number of hydrogen-bond donors (Lipinski definition) is 2. The Bertz CT molecular complexity index is 1000. The summed E-state index contributed by atoms with van der Waals surface area (Å²) in [6.07, 6.45) is 2.80. The smallest absolute Gasteiger partial charge is 0.319 e. The Balaban J connectivity index is 1.48. The van der Waals surface area contributed by atoms with Gasteiger partial charge in [-0.2, -0.15) is 0 Å². The van der Waals surface area contributed by atoms with E-state index in [1.165, 1.54) is 5.56 Å². The zero-order valence-electron chi connectivity index (χ0n) is 18.6. The molecule has 1 saturated carbocycles. The molecular weight excluding hydrogens is 449 g/mol. The number of likely N-dealkylation sites (N-methyl/N-ethyl adjacent to an activating group) is 1. The normalized spacial score (nSPS) is 25.2. The van der Waals surface area contributed by atoms with E-state index in [4.69, 9.17) is 32.7 Å². The van der Waals surface area contributed by atoms with E-state index in [9.17, 15) is 4.79 Å². The molecule has 4 rings (SSSR count). The second-order valence-electron chi connectivity index (χ2n) is 8.81. The van der Waals surface area contributed by atoms with Crippen LogP contribution in [0.1, 0.15) is 24.8 Å². The minimum absolute atomic E-state index is 0.0409. The number of fused-ring (bicyclic) bond motifs is 1. The number of ether oxygens (including phenoxy) is 2. The zero-order chi connectivity index (χ0) is 22.9. The van der Waals surface area contributed by atoms with Crippen LogP contribution in [0.2, 0.25) is 10.0 Å². The average Bonchev–Trinajstić information content (AvgIpc) is 3.12. The van der Waals surface area contributed by atoms with Crippen LogP contribution >= 0.6 is 23.2 Å². The Morgan fingerprint density at radius 3 is 2.66 bits per heavy atom. The SMILES string of the molecule is COc1ccc(C23CCC(NC(=O)Nc4cc(Cl)ccc4Cl)CC2CN(C)C3)cc1OC. The van der Waals surface area contributed by atoms with Gasteiger partial charge in [0.25, 0.3) is 0 Å². The highest BCUT2D eigenvalue weighted by Crippen LogP contribution is 2.49. The predicted octanol–water partition coefficient (Wildman–Crippen LogP) is 5.18. The number of amides is 2. The number of carbonyl (C=O) groups is 1. The van der Waals surface area contributed by atoms with Crippen molar-refractivity contribution in [2.24, 2.45) is 5.92 Å². The molecule has 172 valence electrons. The Morgan fingerprint density at radius 1 is 1.12 bits per heavy atom. The summed E-state index contributed by atoms with van der Waals surface area (Å²) in [5.74, 6) is 1.92. The van der Waals surface area contributed by atoms with Crippen LogP contribution in [0, 0.1) is 5.92 Å². The molecule has 2 N–H and O–H groups in total. The molecule has 2 aromatic rings. The highest BCUT2D eigenvalue weighted by molar-refractivity contribution is 6.35. The quantitative estimate of drug-likeness (QED) is 0.622. The molecule has 3 unspecified atom stereocenters. The molecule has 1 saturated heterocycles. The van der Waals surface area contributed by atoms with Crippen molar-refractivity contribution in [1.29, 1.82) is 0 Å². The first kappa shape index (κ1) is 23.0. The molecule has 2 amide bonds. The van der Waals surface area contributed by atoms with Gasteiger partial charge in [-0.05, 0) is 68.1 Å². The first-order valence-electron chi connectivity index (χ1n) is 10.8. The van der Waals surface area contributed by atoms with Crippen LogP contribution in [-0.4, -0.2) is 51.3 Å². The van der Waals surface area contributed by atoms with Gasteiger partial charge in [0, 0.05) is 29.6 Å². The summed E-state index contributed by atoms with van der Waals surface area (Å²) < 4.78 is 11.0. The number of nitrogens with zero attached hydrogens (tertiary/aromatic N) is 1. The van der Waals surface area contributed by atoms with Gasteiger partial charge in [-0.3, -0.25) is 0 Å². The molecule has 0 radical (unpaired) electrons. The third kappa shape index (κ3) is 4.49. The van der Waals surface area contributed by atoms with Crippen molar-refractivity contribution in [3.63, 3.8) is 0 Å². The molecule has 3 atom stereocenters. The minimum Gasteiger partial charge on any atom is -0.493 e. The number of urea groups is 1. The molecule has 32 heavy (non-hydrogen) atoms. The van der Waals surface area contributed by atoms with Gasteiger partial charge in [-0.25, -0.2) is 4.79 Å². The standard InChI is InChI=1S/C24H29Cl2N3O3/c1-29-13-16-10-18(27-23(30)28-20-12-17(25)5-6-19(20)26)8-9-24(16,14-29)15-4-7-21(31-2)22(11-15)32-3/h4-7,11-12,16,18H,8-10,13-14H2,1-3H3,(H2,27,28,30). The fraction of sp³-hybridized carbons (Fsp3) is 0.458. The summed E-state index contributed by atoms with van der Waals surface area (Å²) in [5, 5.41) is 6.95. The maximum atomic E-state index is 12.6. The molecule has 6 nitrogen and oxygen atoms in total. The number of rotatable bonds is 5. The van der Waals surface area contributed by atoms with Crippen molar-refractivity contribution >= 4 is 34.9 Å². The number of nitrogens with one attached hydrogen (secondary N) is 2. The van der Waals surface area contributed by atoms with Crippen LogP contribution < -0.4 is 20.1 Å². The van der Waals surface area contributed by atoms with Gasteiger partial charge in [-0.1, -0.05) is 29.3 Å². The Kier molecular flexibility index (Phi) is 6.75. The van der Waals surface area contributed by atoms with Crippen molar-refractivity contribution in [2.75, 3.05) is 39.7 Å². The Hall–Kier alpha value is -2.15. The number of hydrogen-bond acceptors (Lipinski definition) is 4. The summed E-state index contributed by atoms with van der Waals surface area (Å²) in [6, 6.07) is 11.1. The van der Waals surface area contributed by atoms with E-state index in [0.717, 1.165) is 43.9 Å². The zero-order valence-corrected chi connectivity index (χ0v) is 20.1. The second-order valence-corrected chi connectivity index (χ2v) is 9.66. The largest absolute Gasteiger partial charge is 0.493 e. The summed E-state index contributed by atoms with van der Waals surface area (Å²) in [6.45, 7) is 1.98. The molecule has 0 spiro atoms. The number of anilines is 1. The second kappa shape index (κ2) is 9.38. The predicted molar refractivity (Wildman–Crippen MR) is 128 cm³/mol. The first-order valence-corrected chi connectivity index (χ1v) is 11.5. The van der Waals surface area contributed by atoms with Crippen LogP contribution in [0.15, 0.2) is 36.4 Å². The van der Waals surface area contributed by atoms with Crippen LogP contribution in [0.25, 0.3) is 0 Å². The molecule has 0 aromatic heterocycles. The summed E-state index contributed by atoms with van der Waals surface area (Å²) >= 11 is 12.2. The maximum Gasteiger partial charge on any atom is 0.319 e. The van der Waals surface area contributed by atoms with E-state index in [2.05, 4.69) is 34.7 Å². The van der Waals surface area contributed by atoms with Crippen LogP contribution in [0.3, 0.4) is 0 Å². The highest BCUT2D eigenvalue weighted by Gasteiger charge is 2.50. The fourth-order valence-corrected chi connectivity index (χ4v) is 5.72. The van der Waals surface area contributed by atoms with E-state index in [1.54, 1.807) is 32.4 Å². The lowest BCUT2D eigenvalue weighted by molar-refractivity contribution is 0.197. The number of likely N-dealkylation sites (tertiary alicyclic amines) is 1. The van der Waals surface area contributed by atoms with E-state index < -0.39 is 0 Å². The molecule has 1 aliphatic carbocycles. The minimum atomic E-state index is -0.260. The number of benzene rings is 2. The van der Waals surface area contributed by atoms with Crippen LogP contribution in [0.5, 0.6) is 11.5 Å². The van der Waals surface area contributed by atoms with Gasteiger partial charge in [0.2, 0.25) is 0 Å². The molecular formula is C24H29Cl2N3O3. The van der Waals surface area contributed by atoms with Crippen molar-refractivity contribution in [3.8, 4) is 11.5 Å². The lowest BCUT2D eigenvalue weighted by Gasteiger charge is -2.42. The van der Waals surface area contributed by atoms with E-state index in [0.29, 0.717) is 21.7 Å². The van der Waals surface area contributed by atoms with Gasteiger partial charge in [-0.15, -0.1) is 0 Å². The highest BCUT2D eigenvalue weighted by atomic mass is 35.5. The van der Waals surface area contributed by atoms with Crippen molar-refractivity contribution in [2.45, 2.75) is 30.7 Å². The lowest BCUT2D eigenvalue weighted by atomic mass is 9.63. The third-order valence-electron chi connectivity index (χ3n) is 6.84. The number of methoxy groups -OCH3 is 2. The molecule has 1 heterocycles. The van der Waals surface area contributed by atoms with Gasteiger partial charge < -0.3 is 25.0 Å². The maximum absolute atomic E-state index is 12.6. The van der Waals surface area contributed by atoms with Crippen molar-refractivity contribution in [3.05, 3.63) is 52.0 Å². The first-order chi connectivity index (χ1) is 15.3. The van der Waals surface area contributed by atoms with Gasteiger partial charge >= 0.3 is 6.03 Å². The summed E-state index contributed by atoms with van der Waals surface area (Å²) in [5.41, 5.74) is 1.82. The molecule has 8 heteroatoms. The van der Waals surface area contributed by atoms with E-state index >= 15 is 0 Å². The van der Waals surface area contributed by atoms with Gasteiger partial charge in [0.15, 0.2) is 11.5 Å². The number of halogens is 2. The third-order valence-corrected chi connectivity index (χ3v) is 7.41. The topological polar surface area (TPSA) is 62.8 Å². The van der Waals surface area contributed by atoms with Gasteiger partial charge in [0.05, 0.1) is 24.9 Å². The Labute approximate surface area is 199 Å². The van der Waals surface area contributed by atoms with Crippen LogP contribution in [-0.2, 0) is 5.41 Å². The van der Waals surface area contributed by atoms with Crippen molar-refractivity contribution < 1.29 is 14.3 Å². The Morgan fingerprint density at radius 2 is 1.91 bits per heavy atom. The molecule has 0 bridgehead atoms. The lowest BCUT2D eigenvalue weighted by Crippen LogP contribution is -2.48. The fourth-order valence-electron chi connectivity index (χ4n) is 5.39. The molecule has 1 aliphatic heterocycles. The summed E-state index contributed by atoms with van der Waals surface area (Å²) in [4.78, 5) is 15.0. The van der Waals surface area contributed by atoms with E-state index in [-0.39, 0.29) is 17.5 Å². The van der Waals surface area contributed by atoms with E-state index in [1.807, 2.05) is 6.07 Å². The van der Waals surface area contributed by atoms with Gasteiger partial charge in [0.1, 0.15) is 0 Å². The molecule has 2 fully saturated rings. The molecule has 2 aliphatic rings. The van der Waals surface area contributed by atoms with Crippen LogP contribution in [0.4, 0.5) is 10.5 Å². The summed E-state index contributed by atoms with van der Waals surface area (Å²) in [7, 11) is 5.49. The van der Waals surface area contributed by atoms with Crippen molar-refractivity contribution in [1.82, 2.24) is 10.2 Å². The average molecular weight is 478 g/mol. The molecule has 2 aromatic carbocycles.